The molecule has 1 aromatic rings. The monoisotopic (exact) mass is 358 g/mol. The van der Waals surface area contributed by atoms with E-state index in [2.05, 4.69) is 33.1 Å². The van der Waals surface area contributed by atoms with Crippen LogP contribution in [-0.4, -0.2) is 25.0 Å². The van der Waals surface area contributed by atoms with Gasteiger partial charge in [0.25, 0.3) is 5.91 Å². The third-order valence-electron chi connectivity index (χ3n) is 4.79. The Kier molecular flexibility index (Phi) is 2.54. The SMILES string of the molecule is N#C[C@]12C(N)=NC3(OCCO3)[C@@]1(C#N)[C@@H]2c1cccc(Br)c1. The van der Waals surface area contributed by atoms with Gasteiger partial charge >= 0.3 is 0 Å². The molecule has 0 aromatic heterocycles. The van der Waals surface area contributed by atoms with Gasteiger partial charge in [-0.05, 0) is 17.7 Å². The molecule has 22 heavy (non-hydrogen) atoms. The Morgan fingerprint density at radius 1 is 1.27 bits per heavy atom. The largest absolute Gasteiger partial charge is 0.386 e. The first kappa shape index (κ1) is 13.7. The lowest BCUT2D eigenvalue weighted by Crippen LogP contribution is -2.38. The Morgan fingerprint density at radius 3 is 2.59 bits per heavy atom. The number of nitrogens with two attached hydrogens (primary N) is 1. The van der Waals surface area contributed by atoms with Crippen LogP contribution in [0.5, 0.6) is 0 Å². The first-order valence-corrected chi connectivity index (χ1v) is 7.59. The van der Waals surface area contributed by atoms with Crippen molar-refractivity contribution in [3.63, 3.8) is 0 Å². The Hall–Kier alpha value is -1.93. The summed E-state index contributed by atoms with van der Waals surface area (Å²) in [5.74, 6) is -1.78. The predicted octanol–water partition coefficient (Wildman–Crippen LogP) is 1.64. The molecule has 1 saturated carbocycles. The third kappa shape index (κ3) is 1.21. The highest BCUT2D eigenvalue weighted by molar-refractivity contribution is 9.10. The molecule has 2 N–H and O–H groups in total. The molecule has 0 radical (unpaired) electrons. The second-order valence-corrected chi connectivity index (χ2v) is 6.52. The maximum absolute atomic E-state index is 9.91. The molecule has 3 aliphatic rings. The fourth-order valence-corrected chi connectivity index (χ4v) is 4.32. The summed E-state index contributed by atoms with van der Waals surface area (Å²) in [4.78, 5) is 4.23. The van der Waals surface area contributed by atoms with Gasteiger partial charge < -0.3 is 15.2 Å². The quantitative estimate of drug-likeness (QED) is 0.821. The van der Waals surface area contributed by atoms with Crippen molar-refractivity contribution in [1.29, 1.82) is 10.5 Å². The van der Waals surface area contributed by atoms with Crippen LogP contribution in [0, 0.1) is 33.5 Å². The van der Waals surface area contributed by atoms with Gasteiger partial charge in [-0.25, -0.2) is 4.99 Å². The second kappa shape index (κ2) is 4.08. The summed E-state index contributed by atoms with van der Waals surface area (Å²) in [5, 5.41) is 19.7. The molecular weight excluding hydrogens is 348 g/mol. The van der Waals surface area contributed by atoms with E-state index in [-0.39, 0.29) is 5.84 Å². The van der Waals surface area contributed by atoms with E-state index in [4.69, 9.17) is 15.2 Å². The zero-order chi connectivity index (χ0) is 15.6. The number of ether oxygens (including phenoxy) is 2. The molecule has 0 unspecified atom stereocenters. The average molecular weight is 359 g/mol. The van der Waals surface area contributed by atoms with E-state index < -0.39 is 22.7 Å². The van der Waals surface area contributed by atoms with Crippen molar-refractivity contribution in [2.24, 2.45) is 21.6 Å². The fourth-order valence-electron chi connectivity index (χ4n) is 3.90. The molecule has 0 bridgehead atoms. The normalized spacial score (nSPS) is 37.2. The number of hydrogen-bond donors (Lipinski definition) is 1. The smallest absolute Gasteiger partial charge is 0.293 e. The van der Waals surface area contributed by atoms with Crippen molar-refractivity contribution in [1.82, 2.24) is 0 Å². The van der Waals surface area contributed by atoms with Gasteiger partial charge in [0.2, 0.25) is 0 Å². The molecule has 4 rings (SSSR count). The second-order valence-electron chi connectivity index (χ2n) is 5.60. The van der Waals surface area contributed by atoms with Gasteiger partial charge in [-0.3, -0.25) is 0 Å². The number of rotatable bonds is 1. The number of nitrogens with zero attached hydrogens (tertiary/aromatic N) is 3. The summed E-state index contributed by atoms with van der Waals surface area (Å²) in [7, 11) is 0. The molecule has 2 fully saturated rings. The number of aliphatic imine (C=N–C) groups is 1. The van der Waals surface area contributed by atoms with Crippen LogP contribution in [0.2, 0.25) is 0 Å². The molecule has 7 heteroatoms. The summed E-state index contributed by atoms with van der Waals surface area (Å²) < 4.78 is 12.2. The first-order valence-electron chi connectivity index (χ1n) is 6.80. The van der Waals surface area contributed by atoms with Gasteiger partial charge in [0.15, 0.2) is 5.41 Å². The van der Waals surface area contributed by atoms with Gasteiger partial charge in [0, 0.05) is 10.4 Å². The summed E-state index contributed by atoms with van der Waals surface area (Å²) in [5.41, 5.74) is 4.45. The maximum atomic E-state index is 9.91. The molecule has 1 spiro atoms. The number of hydrogen-bond acceptors (Lipinski definition) is 6. The van der Waals surface area contributed by atoms with E-state index in [1.54, 1.807) is 0 Å². The van der Waals surface area contributed by atoms with Crippen molar-refractivity contribution in [3.8, 4) is 12.1 Å². The molecule has 1 saturated heterocycles. The average Bonchev–Trinajstić information content (AvgIpc) is 2.77. The minimum absolute atomic E-state index is 0.114. The topological polar surface area (TPSA) is 104 Å². The first-order chi connectivity index (χ1) is 10.6. The Morgan fingerprint density at radius 2 is 2.00 bits per heavy atom. The van der Waals surface area contributed by atoms with E-state index in [1.807, 2.05) is 24.3 Å². The number of fused-ring (bicyclic) bond motifs is 2. The standard InChI is InChI=1S/C15H11BrN4O2/c16-10-3-1-2-9(6-10)11-13(7-17)12(19)20-15(14(11,13)8-18)21-4-5-22-15/h1-3,6,11H,4-5H2,(H2,19,20)/t11-,13+,14+/m1/s1. The predicted molar refractivity (Wildman–Crippen MR) is 79.2 cm³/mol. The molecule has 3 atom stereocenters. The van der Waals surface area contributed by atoms with E-state index in [0.29, 0.717) is 13.2 Å². The summed E-state index contributed by atoms with van der Waals surface area (Å²) in [6.45, 7) is 0.653. The van der Waals surface area contributed by atoms with Crippen LogP contribution < -0.4 is 5.73 Å². The van der Waals surface area contributed by atoms with Gasteiger partial charge in [-0.15, -0.1) is 0 Å². The fraction of sp³-hybridized carbons (Fsp3) is 0.400. The molecule has 110 valence electrons. The summed E-state index contributed by atoms with van der Waals surface area (Å²) >= 11 is 3.42. The summed E-state index contributed by atoms with van der Waals surface area (Å²) in [6.07, 6.45) is 0. The van der Waals surface area contributed by atoms with Crippen LogP contribution in [0.4, 0.5) is 0 Å². The number of nitriles is 2. The molecule has 6 nitrogen and oxygen atoms in total. The molecule has 2 heterocycles. The van der Waals surface area contributed by atoms with Crippen LogP contribution in [0.15, 0.2) is 33.7 Å². The van der Waals surface area contributed by atoms with Crippen LogP contribution in [-0.2, 0) is 9.47 Å². The lowest BCUT2D eigenvalue weighted by molar-refractivity contribution is -0.184. The van der Waals surface area contributed by atoms with Crippen molar-refractivity contribution in [2.45, 2.75) is 11.8 Å². The molecule has 2 aliphatic heterocycles. The van der Waals surface area contributed by atoms with Crippen molar-refractivity contribution in [3.05, 3.63) is 34.3 Å². The van der Waals surface area contributed by atoms with Gasteiger partial charge in [0.05, 0.1) is 25.4 Å². The molecule has 1 aromatic carbocycles. The number of amidine groups is 1. The van der Waals surface area contributed by atoms with E-state index in [9.17, 15) is 10.5 Å². The summed E-state index contributed by atoms with van der Waals surface area (Å²) in [6, 6.07) is 12.0. The van der Waals surface area contributed by atoms with E-state index in [0.717, 1.165) is 10.0 Å². The van der Waals surface area contributed by atoms with Crippen LogP contribution >= 0.6 is 15.9 Å². The highest BCUT2D eigenvalue weighted by atomic mass is 79.9. The highest BCUT2D eigenvalue weighted by Crippen LogP contribution is 2.82. The van der Waals surface area contributed by atoms with Crippen LogP contribution in [0.1, 0.15) is 11.5 Å². The Balaban J connectivity index is 1.94. The van der Waals surface area contributed by atoms with Crippen molar-refractivity contribution < 1.29 is 9.47 Å². The van der Waals surface area contributed by atoms with Crippen molar-refractivity contribution in [2.75, 3.05) is 13.2 Å². The highest BCUT2D eigenvalue weighted by Gasteiger charge is 2.94. The van der Waals surface area contributed by atoms with Gasteiger partial charge in [-0.2, -0.15) is 10.5 Å². The van der Waals surface area contributed by atoms with E-state index >= 15 is 0 Å². The van der Waals surface area contributed by atoms with Crippen LogP contribution in [0.3, 0.4) is 0 Å². The third-order valence-corrected chi connectivity index (χ3v) is 5.28. The van der Waals surface area contributed by atoms with Crippen LogP contribution in [0.25, 0.3) is 0 Å². The minimum Gasteiger partial charge on any atom is -0.386 e. The maximum Gasteiger partial charge on any atom is 0.293 e. The molecular formula is C15H11BrN4O2. The number of benzene rings is 1. The van der Waals surface area contributed by atoms with E-state index in [1.165, 1.54) is 0 Å². The minimum atomic E-state index is -1.46. The molecule has 1 aliphatic carbocycles. The van der Waals surface area contributed by atoms with Gasteiger partial charge in [-0.1, -0.05) is 28.1 Å². The lowest BCUT2D eigenvalue weighted by atomic mass is 9.94. The van der Waals surface area contributed by atoms with Gasteiger partial charge in [0.1, 0.15) is 11.3 Å². The number of halogens is 1. The molecule has 0 amide bonds. The zero-order valence-corrected chi connectivity index (χ0v) is 13.0. The Labute approximate surface area is 135 Å². The lowest BCUT2D eigenvalue weighted by Gasteiger charge is -2.25. The van der Waals surface area contributed by atoms with Crippen molar-refractivity contribution >= 4 is 21.8 Å². The zero-order valence-electron chi connectivity index (χ0n) is 11.4. The Bertz CT molecular complexity index is 789.